The van der Waals surface area contributed by atoms with Gasteiger partial charge < -0.3 is 10.6 Å². The summed E-state index contributed by atoms with van der Waals surface area (Å²) >= 11 is 0. The van der Waals surface area contributed by atoms with Crippen LogP contribution in [0.1, 0.15) is 17.5 Å². The number of carbonyl (C=O) groups is 1. The first-order valence-corrected chi connectivity index (χ1v) is 5.84. The highest BCUT2D eigenvalue weighted by Gasteiger charge is 2.14. The van der Waals surface area contributed by atoms with E-state index in [9.17, 15) is 4.79 Å². The molecule has 0 saturated carbocycles. The monoisotopic (exact) mass is 231 g/mol. The van der Waals surface area contributed by atoms with E-state index in [4.69, 9.17) is 0 Å². The molecule has 1 aromatic rings. The number of amidine groups is 1. The number of amides is 1. The highest BCUT2D eigenvalue weighted by molar-refractivity contribution is 6.42. The first kappa shape index (κ1) is 11.6. The van der Waals surface area contributed by atoms with Crippen molar-refractivity contribution < 1.29 is 4.79 Å². The van der Waals surface area contributed by atoms with Crippen LogP contribution < -0.4 is 10.6 Å². The SMILES string of the molecule is Cc1cccc(NC(=O)C2=NCCCN2)c1C. The molecule has 2 N–H and O–H groups in total. The van der Waals surface area contributed by atoms with Crippen LogP contribution in [0.5, 0.6) is 0 Å². The quantitative estimate of drug-likeness (QED) is 0.813. The van der Waals surface area contributed by atoms with Crippen molar-refractivity contribution >= 4 is 17.4 Å². The lowest BCUT2D eigenvalue weighted by Gasteiger charge is -2.15. The summed E-state index contributed by atoms with van der Waals surface area (Å²) in [6.45, 7) is 5.57. The fourth-order valence-electron chi connectivity index (χ4n) is 1.75. The number of nitrogens with one attached hydrogen (secondary N) is 2. The van der Waals surface area contributed by atoms with E-state index < -0.39 is 0 Å². The Morgan fingerprint density at radius 1 is 1.41 bits per heavy atom. The molecule has 0 fully saturated rings. The molecule has 0 bridgehead atoms. The number of nitrogens with zero attached hydrogens (tertiary/aromatic N) is 1. The van der Waals surface area contributed by atoms with Crippen LogP contribution in [-0.2, 0) is 4.79 Å². The summed E-state index contributed by atoms with van der Waals surface area (Å²) in [4.78, 5) is 16.1. The number of rotatable bonds is 2. The number of carbonyl (C=O) groups excluding carboxylic acids is 1. The van der Waals surface area contributed by atoms with E-state index in [2.05, 4.69) is 15.6 Å². The largest absolute Gasteiger partial charge is 0.366 e. The van der Waals surface area contributed by atoms with E-state index in [1.165, 1.54) is 5.56 Å². The smallest absolute Gasteiger partial charge is 0.290 e. The van der Waals surface area contributed by atoms with Crippen LogP contribution in [-0.4, -0.2) is 24.8 Å². The number of aliphatic imine (C=N–C) groups is 1. The van der Waals surface area contributed by atoms with E-state index in [0.29, 0.717) is 5.84 Å². The van der Waals surface area contributed by atoms with Gasteiger partial charge >= 0.3 is 0 Å². The zero-order valence-electron chi connectivity index (χ0n) is 10.2. The molecule has 1 heterocycles. The second kappa shape index (κ2) is 4.99. The topological polar surface area (TPSA) is 53.5 Å². The molecule has 0 saturated heterocycles. The molecular formula is C13H17N3O. The van der Waals surface area contributed by atoms with Gasteiger partial charge in [-0.05, 0) is 37.5 Å². The van der Waals surface area contributed by atoms with Crippen molar-refractivity contribution in [3.05, 3.63) is 29.3 Å². The Balaban J connectivity index is 2.13. The van der Waals surface area contributed by atoms with Gasteiger partial charge in [-0.15, -0.1) is 0 Å². The van der Waals surface area contributed by atoms with Gasteiger partial charge in [-0.1, -0.05) is 12.1 Å². The molecule has 1 aromatic carbocycles. The number of aryl methyl sites for hydroxylation is 1. The van der Waals surface area contributed by atoms with E-state index >= 15 is 0 Å². The first-order valence-electron chi connectivity index (χ1n) is 5.84. The fourth-order valence-corrected chi connectivity index (χ4v) is 1.75. The average molecular weight is 231 g/mol. The third-order valence-electron chi connectivity index (χ3n) is 2.97. The molecule has 4 nitrogen and oxygen atoms in total. The second-order valence-corrected chi connectivity index (χ2v) is 4.21. The van der Waals surface area contributed by atoms with Gasteiger partial charge in [0.25, 0.3) is 5.91 Å². The second-order valence-electron chi connectivity index (χ2n) is 4.21. The normalized spacial score (nSPS) is 14.8. The zero-order valence-corrected chi connectivity index (χ0v) is 10.2. The molecule has 0 radical (unpaired) electrons. The molecule has 17 heavy (non-hydrogen) atoms. The molecule has 0 spiro atoms. The van der Waals surface area contributed by atoms with Gasteiger partial charge in [-0.3, -0.25) is 9.79 Å². The number of benzene rings is 1. The standard InChI is InChI=1S/C13H17N3O/c1-9-5-3-6-11(10(9)2)16-13(17)12-14-7-4-8-15-12/h3,5-6H,4,7-8H2,1-2H3,(H,14,15)(H,16,17). The van der Waals surface area contributed by atoms with Crippen LogP contribution in [0.25, 0.3) is 0 Å². The van der Waals surface area contributed by atoms with Gasteiger partial charge in [-0.25, -0.2) is 0 Å². The van der Waals surface area contributed by atoms with Crippen LogP contribution in [0.15, 0.2) is 23.2 Å². The Labute approximate surface area is 101 Å². The van der Waals surface area contributed by atoms with Crippen molar-refractivity contribution in [2.75, 3.05) is 18.4 Å². The first-order chi connectivity index (χ1) is 8.18. The molecule has 2 rings (SSSR count). The third kappa shape index (κ3) is 2.64. The van der Waals surface area contributed by atoms with Gasteiger partial charge in [0.15, 0.2) is 5.84 Å². The summed E-state index contributed by atoms with van der Waals surface area (Å²) in [6.07, 6.45) is 0.986. The molecule has 0 unspecified atom stereocenters. The Morgan fingerprint density at radius 3 is 2.94 bits per heavy atom. The minimum absolute atomic E-state index is 0.154. The lowest BCUT2D eigenvalue weighted by Crippen LogP contribution is -2.39. The molecule has 0 aliphatic carbocycles. The lowest BCUT2D eigenvalue weighted by atomic mass is 10.1. The molecule has 90 valence electrons. The Bertz CT molecular complexity index is 466. The van der Waals surface area contributed by atoms with Gasteiger partial charge in [0, 0.05) is 18.8 Å². The van der Waals surface area contributed by atoms with Crippen molar-refractivity contribution in [3.63, 3.8) is 0 Å². The minimum atomic E-state index is -0.154. The zero-order chi connectivity index (χ0) is 12.3. The van der Waals surface area contributed by atoms with Crippen molar-refractivity contribution in [1.29, 1.82) is 0 Å². The van der Waals surface area contributed by atoms with Crippen molar-refractivity contribution in [1.82, 2.24) is 5.32 Å². The van der Waals surface area contributed by atoms with Crippen molar-refractivity contribution in [3.8, 4) is 0 Å². The summed E-state index contributed by atoms with van der Waals surface area (Å²) in [6, 6.07) is 5.87. The van der Waals surface area contributed by atoms with Crippen LogP contribution in [0, 0.1) is 13.8 Å². The highest BCUT2D eigenvalue weighted by Crippen LogP contribution is 2.17. The maximum absolute atomic E-state index is 11.9. The molecule has 0 aromatic heterocycles. The Kier molecular flexibility index (Phi) is 3.42. The molecule has 1 amide bonds. The molecule has 1 aliphatic heterocycles. The minimum Gasteiger partial charge on any atom is -0.366 e. The molecule has 0 atom stereocenters. The fraction of sp³-hybridized carbons (Fsp3) is 0.385. The maximum atomic E-state index is 11.9. The van der Waals surface area contributed by atoms with Crippen molar-refractivity contribution in [2.24, 2.45) is 4.99 Å². The average Bonchev–Trinajstić information content (AvgIpc) is 2.36. The van der Waals surface area contributed by atoms with Gasteiger partial charge in [0.2, 0.25) is 0 Å². The summed E-state index contributed by atoms with van der Waals surface area (Å²) < 4.78 is 0. The number of hydrogen-bond donors (Lipinski definition) is 2. The van der Waals surface area contributed by atoms with Gasteiger partial charge in [0.1, 0.15) is 0 Å². The van der Waals surface area contributed by atoms with Crippen LogP contribution >= 0.6 is 0 Å². The summed E-state index contributed by atoms with van der Waals surface area (Å²) in [5.41, 5.74) is 3.11. The van der Waals surface area contributed by atoms with E-state index in [1.807, 2.05) is 32.0 Å². The van der Waals surface area contributed by atoms with Crippen molar-refractivity contribution in [2.45, 2.75) is 20.3 Å². The predicted octanol–water partition coefficient (Wildman–Crippen LogP) is 1.63. The van der Waals surface area contributed by atoms with E-state index in [0.717, 1.165) is 30.8 Å². The van der Waals surface area contributed by atoms with Gasteiger partial charge in [0.05, 0.1) is 0 Å². The summed E-state index contributed by atoms with van der Waals surface area (Å²) in [7, 11) is 0. The maximum Gasteiger partial charge on any atom is 0.290 e. The summed E-state index contributed by atoms with van der Waals surface area (Å²) in [5.74, 6) is 0.288. The third-order valence-corrected chi connectivity index (χ3v) is 2.97. The van der Waals surface area contributed by atoms with Crippen LogP contribution in [0.3, 0.4) is 0 Å². The number of hydrogen-bond acceptors (Lipinski definition) is 3. The Morgan fingerprint density at radius 2 is 2.24 bits per heavy atom. The number of anilines is 1. The Hall–Kier alpha value is -1.84. The molecule has 4 heteroatoms. The van der Waals surface area contributed by atoms with E-state index in [1.54, 1.807) is 0 Å². The van der Waals surface area contributed by atoms with Gasteiger partial charge in [-0.2, -0.15) is 0 Å². The molecule has 1 aliphatic rings. The summed E-state index contributed by atoms with van der Waals surface area (Å²) in [5, 5.41) is 5.90. The highest BCUT2D eigenvalue weighted by atomic mass is 16.2. The van der Waals surface area contributed by atoms with E-state index in [-0.39, 0.29) is 5.91 Å². The molecular weight excluding hydrogens is 214 g/mol. The van der Waals surface area contributed by atoms with Crippen LogP contribution in [0.4, 0.5) is 5.69 Å². The van der Waals surface area contributed by atoms with Crippen LogP contribution in [0.2, 0.25) is 0 Å². The predicted molar refractivity (Wildman–Crippen MR) is 69.5 cm³/mol. The lowest BCUT2D eigenvalue weighted by molar-refractivity contribution is -0.110.